The van der Waals surface area contributed by atoms with Gasteiger partial charge in [0.05, 0.1) is 23.4 Å². The van der Waals surface area contributed by atoms with E-state index in [2.05, 4.69) is 5.32 Å². The van der Waals surface area contributed by atoms with Crippen LogP contribution >= 0.6 is 0 Å². The van der Waals surface area contributed by atoms with Gasteiger partial charge in [0.1, 0.15) is 11.6 Å². The Bertz CT molecular complexity index is 473. The lowest BCUT2D eigenvalue weighted by atomic mass is 10.1. The molecule has 0 radical (unpaired) electrons. The molecule has 0 aliphatic heterocycles. The highest BCUT2D eigenvalue weighted by atomic mass is 19.1. The van der Waals surface area contributed by atoms with Crippen molar-refractivity contribution in [1.82, 2.24) is 5.32 Å². The van der Waals surface area contributed by atoms with Crippen molar-refractivity contribution in [2.45, 2.75) is 18.4 Å². The van der Waals surface area contributed by atoms with E-state index in [0.29, 0.717) is 18.9 Å². The minimum absolute atomic E-state index is 0.197. The minimum atomic E-state index is -0.970. The van der Waals surface area contributed by atoms with Gasteiger partial charge in [-0.2, -0.15) is 0 Å². The molecular formula is C11H12F2N2O2. The maximum atomic E-state index is 13.4. The van der Waals surface area contributed by atoms with Crippen molar-refractivity contribution in [3.05, 3.63) is 29.3 Å². The molecule has 0 heterocycles. The normalized spacial score (nSPS) is 16.6. The van der Waals surface area contributed by atoms with Crippen molar-refractivity contribution >= 4 is 11.6 Å². The summed E-state index contributed by atoms with van der Waals surface area (Å²) in [5.74, 6) is -2.56. The summed E-state index contributed by atoms with van der Waals surface area (Å²) in [4.78, 5) is 11.7. The first-order valence-corrected chi connectivity index (χ1v) is 5.15. The van der Waals surface area contributed by atoms with Crippen LogP contribution in [0.1, 0.15) is 23.2 Å². The maximum absolute atomic E-state index is 13.4. The van der Waals surface area contributed by atoms with Crippen LogP contribution in [0.5, 0.6) is 0 Å². The minimum Gasteiger partial charge on any atom is -0.396 e. The quantitative estimate of drug-likeness (QED) is 0.686. The van der Waals surface area contributed by atoms with Gasteiger partial charge in [-0.1, -0.05) is 0 Å². The second-order valence-corrected chi connectivity index (χ2v) is 4.25. The lowest BCUT2D eigenvalue weighted by Crippen LogP contribution is -2.40. The zero-order valence-electron chi connectivity index (χ0n) is 8.96. The predicted octanol–water partition coefficient (Wildman–Crippen LogP) is 0.802. The van der Waals surface area contributed by atoms with Crippen LogP contribution in [-0.2, 0) is 0 Å². The molecule has 1 amide bonds. The number of anilines is 1. The average Bonchev–Trinajstić information content (AvgIpc) is 3.04. The Hall–Kier alpha value is -1.69. The van der Waals surface area contributed by atoms with Gasteiger partial charge in [-0.05, 0) is 18.9 Å². The maximum Gasteiger partial charge on any atom is 0.254 e. The molecule has 4 N–H and O–H groups in total. The summed E-state index contributed by atoms with van der Waals surface area (Å²) in [5.41, 5.74) is 4.02. The lowest BCUT2D eigenvalue weighted by molar-refractivity contribution is 0.0902. The van der Waals surface area contributed by atoms with E-state index in [0.717, 1.165) is 6.07 Å². The molecule has 1 aliphatic rings. The van der Waals surface area contributed by atoms with Gasteiger partial charge in [0.15, 0.2) is 0 Å². The molecule has 1 fully saturated rings. The van der Waals surface area contributed by atoms with Gasteiger partial charge >= 0.3 is 0 Å². The van der Waals surface area contributed by atoms with Gasteiger partial charge in [-0.15, -0.1) is 0 Å². The topological polar surface area (TPSA) is 75.4 Å². The van der Waals surface area contributed by atoms with Crippen molar-refractivity contribution in [3.63, 3.8) is 0 Å². The van der Waals surface area contributed by atoms with Crippen molar-refractivity contribution in [1.29, 1.82) is 0 Å². The fourth-order valence-electron chi connectivity index (χ4n) is 1.52. The number of nitrogens with one attached hydrogen (secondary N) is 1. The van der Waals surface area contributed by atoms with Gasteiger partial charge in [0, 0.05) is 6.07 Å². The average molecular weight is 242 g/mol. The third-order valence-corrected chi connectivity index (χ3v) is 2.87. The predicted molar refractivity (Wildman–Crippen MR) is 57.3 cm³/mol. The summed E-state index contributed by atoms with van der Waals surface area (Å²) < 4.78 is 26.3. The molecule has 1 aromatic carbocycles. The number of halogens is 2. The Kier molecular flexibility index (Phi) is 2.74. The molecule has 0 spiro atoms. The summed E-state index contributed by atoms with van der Waals surface area (Å²) in [6, 6.07) is 1.52. The largest absolute Gasteiger partial charge is 0.396 e. The van der Waals surface area contributed by atoms with E-state index in [1.807, 2.05) is 0 Å². The Labute approximate surface area is 96.4 Å². The highest BCUT2D eigenvalue weighted by Gasteiger charge is 2.43. The molecule has 4 nitrogen and oxygen atoms in total. The molecule has 0 aromatic heterocycles. The van der Waals surface area contributed by atoms with Crippen LogP contribution in [0.3, 0.4) is 0 Å². The number of benzene rings is 1. The molecule has 0 unspecified atom stereocenters. The van der Waals surface area contributed by atoms with E-state index in [1.165, 1.54) is 0 Å². The number of aliphatic hydroxyl groups excluding tert-OH is 1. The molecule has 17 heavy (non-hydrogen) atoms. The van der Waals surface area contributed by atoms with Crippen LogP contribution in [0, 0.1) is 11.6 Å². The number of nitrogen functional groups attached to an aromatic ring is 1. The van der Waals surface area contributed by atoms with Crippen molar-refractivity contribution < 1.29 is 18.7 Å². The van der Waals surface area contributed by atoms with E-state index in [4.69, 9.17) is 10.8 Å². The van der Waals surface area contributed by atoms with Gasteiger partial charge < -0.3 is 16.2 Å². The summed E-state index contributed by atoms with van der Waals surface area (Å²) >= 11 is 0. The molecule has 0 atom stereocenters. The van der Waals surface area contributed by atoms with Crippen molar-refractivity contribution in [2.24, 2.45) is 0 Å². The van der Waals surface area contributed by atoms with Gasteiger partial charge in [0.25, 0.3) is 5.91 Å². The van der Waals surface area contributed by atoms with Crippen LogP contribution in [0.25, 0.3) is 0 Å². The fourth-order valence-corrected chi connectivity index (χ4v) is 1.52. The van der Waals surface area contributed by atoms with Crippen molar-refractivity contribution in [3.8, 4) is 0 Å². The lowest BCUT2D eigenvalue weighted by Gasteiger charge is -2.14. The Morgan fingerprint density at radius 2 is 2.06 bits per heavy atom. The number of nitrogens with two attached hydrogens (primary N) is 1. The first-order chi connectivity index (χ1) is 7.97. The molecule has 1 saturated carbocycles. The highest BCUT2D eigenvalue weighted by Crippen LogP contribution is 2.35. The third kappa shape index (κ3) is 2.21. The number of hydrogen-bond acceptors (Lipinski definition) is 3. The second-order valence-electron chi connectivity index (χ2n) is 4.25. The standard InChI is InChI=1S/C11H12F2N2O2/c12-7-4-8(13)9(14)3-6(7)10(17)15-11(5-16)1-2-11/h3-4,16H,1-2,5,14H2,(H,15,17). The molecule has 0 saturated heterocycles. The zero-order chi connectivity index (χ0) is 12.6. The monoisotopic (exact) mass is 242 g/mol. The van der Waals surface area contributed by atoms with Crippen LogP contribution in [0.15, 0.2) is 12.1 Å². The number of hydrogen-bond donors (Lipinski definition) is 3. The number of amides is 1. The van der Waals surface area contributed by atoms with Gasteiger partial charge in [-0.3, -0.25) is 4.79 Å². The Morgan fingerprint density at radius 1 is 1.41 bits per heavy atom. The Balaban J connectivity index is 2.22. The number of carbonyl (C=O) groups excluding carboxylic acids is 1. The van der Waals surface area contributed by atoms with Crippen LogP contribution in [-0.4, -0.2) is 23.2 Å². The molecular weight excluding hydrogens is 230 g/mol. The highest BCUT2D eigenvalue weighted by molar-refractivity contribution is 5.96. The summed E-state index contributed by atoms with van der Waals surface area (Å²) in [6.07, 6.45) is 1.29. The van der Waals surface area contributed by atoms with E-state index in [1.54, 1.807) is 0 Å². The Morgan fingerprint density at radius 3 is 2.59 bits per heavy atom. The number of rotatable bonds is 3. The van der Waals surface area contributed by atoms with Gasteiger partial charge in [0.2, 0.25) is 0 Å². The van der Waals surface area contributed by atoms with Crippen LogP contribution in [0.2, 0.25) is 0 Å². The molecule has 1 aliphatic carbocycles. The third-order valence-electron chi connectivity index (χ3n) is 2.87. The van der Waals surface area contributed by atoms with Crippen LogP contribution in [0.4, 0.5) is 14.5 Å². The molecule has 92 valence electrons. The number of aliphatic hydroxyl groups is 1. The van der Waals surface area contributed by atoms with E-state index < -0.39 is 23.1 Å². The zero-order valence-corrected chi connectivity index (χ0v) is 8.96. The van der Waals surface area contributed by atoms with E-state index in [9.17, 15) is 13.6 Å². The first kappa shape index (κ1) is 11.8. The second kappa shape index (κ2) is 3.96. The SMILES string of the molecule is Nc1cc(C(=O)NC2(CO)CC2)c(F)cc1F. The van der Waals surface area contributed by atoms with Gasteiger partial charge in [-0.25, -0.2) is 8.78 Å². The molecule has 0 bridgehead atoms. The summed E-state index contributed by atoms with van der Waals surface area (Å²) in [6.45, 7) is -0.197. The molecule has 2 rings (SSSR count). The van der Waals surface area contributed by atoms with Crippen LogP contribution < -0.4 is 11.1 Å². The molecule has 6 heteroatoms. The number of carbonyl (C=O) groups is 1. The smallest absolute Gasteiger partial charge is 0.254 e. The van der Waals surface area contributed by atoms with E-state index in [-0.39, 0.29) is 17.9 Å². The summed E-state index contributed by atoms with van der Waals surface area (Å²) in [5, 5.41) is 11.5. The van der Waals surface area contributed by atoms with Crippen molar-refractivity contribution in [2.75, 3.05) is 12.3 Å². The first-order valence-electron chi connectivity index (χ1n) is 5.15. The molecule has 1 aromatic rings. The van der Waals surface area contributed by atoms with E-state index >= 15 is 0 Å². The fraction of sp³-hybridized carbons (Fsp3) is 0.364. The summed E-state index contributed by atoms with van der Waals surface area (Å²) in [7, 11) is 0.